The van der Waals surface area contributed by atoms with Gasteiger partial charge >= 0.3 is 0 Å². The van der Waals surface area contributed by atoms with Crippen LogP contribution in [0.2, 0.25) is 5.02 Å². The lowest BCUT2D eigenvalue weighted by Gasteiger charge is -2.12. The number of hydrogen-bond donors (Lipinski definition) is 3. The van der Waals surface area contributed by atoms with E-state index < -0.39 is 0 Å². The van der Waals surface area contributed by atoms with E-state index in [1.54, 1.807) is 43.4 Å². The summed E-state index contributed by atoms with van der Waals surface area (Å²) in [4.78, 5) is 16.2. The minimum atomic E-state index is -0.238. The summed E-state index contributed by atoms with van der Waals surface area (Å²) in [5.74, 6) is 0.189. The SMILES string of the molecule is CN=C(NCCNC(=O)c1ccccc1Cl)NCCc1ccc(F)cc1.I. The third kappa shape index (κ3) is 8.13. The number of benzene rings is 2. The van der Waals surface area contributed by atoms with Gasteiger partial charge < -0.3 is 16.0 Å². The summed E-state index contributed by atoms with van der Waals surface area (Å²) >= 11 is 5.99. The molecule has 0 spiro atoms. The number of carbonyl (C=O) groups is 1. The molecule has 0 radical (unpaired) electrons. The third-order valence-electron chi connectivity index (χ3n) is 3.66. The van der Waals surface area contributed by atoms with Crippen molar-refractivity contribution in [1.29, 1.82) is 0 Å². The molecule has 0 aliphatic heterocycles. The van der Waals surface area contributed by atoms with Crippen LogP contribution >= 0.6 is 35.6 Å². The van der Waals surface area contributed by atoms with Crippen LogP contribution in [-0.4, -0.2) is 38.5 Å². The van der Waals surface area contributed by atoms with Crippen LogP contribution in [0.15, 0.2) is 53.5 Å². The lowest BCUT2D eigenvalue weighted by molar-refractivity contribution is 0.0954. The zero-order valence-corrected chi connectivity index (χ0v) is 18.1. The second kappa shape index (κ2) is 12.5. The van der Waals surface area contributed by atoms with Gasteiger partial charge in [-0.05, 0) is 36.2 Å². The van der Waals surface area contributed by atoms with Gasteiger partial charge in [0.25, 0.3) is 5.91 Å². The number of nitrogens with one attached hydrogen (secondary N) is 3. The summed E-state index contributed by atoms with van der Waals surface area (Å²) in [6.45, 7) is 1.62. The highest BCUT2D eigenvalue weighted by molar-refractivity contribution is 14.0. The van der Waals surface area contributed by atoms with Gasteiger partial charge in [0.2, 0.25) is 0 Å². The van der Waals surface area contributed by atoms with Crippen molar-refractivity contribution in [2.45, 2.75) is 6.42 Å². The summed E-state index contributed by atoms with van der Waals surface area (Å²) in [5, 5.41) is 9.52. The van der Waals surface area contributed by atoms with Crippen molar-refractivity contribution in [2.75, 3.05) is 26.7 Å². The van der Waals surface area contributed by atoms with E-state index in [1.807, 2.05) is 0 Å². The molecule has 0 saturated heterocycles. The molecule has 0 fully saturated rings. The van der Waals surface area contributed by atoms with Crippen molar-refractivity contribution < 1.29 is 9.18 Å². The van der Waals surface area contributed by atoms with E-state index >= 15 is 0 Å². The van der Waals surface area contributed by atoms with E-state index in [0.717, 1.165) is 12.0 Å². The van der Waals surface area contributed by atoms with E-state index in [4.69, 9.17) is 11.6 Å². The number of halogens is 3. The van der Waals surface area contributed by atoms with Crippen LogP contribution < -0.4 is 16.0 Å². The zero-order valence-electron chi connectivity index (χ0n) is 15.0. The van der Waals surface area contributed by atoms with E-state index in [-0.39, 0.29) is 35.7 Å². The highest BCUT2D eigenvalue weighted by atomic mass is 127. The van der Waals surface area contributed by atoms with Gasteiger partial charge in [0.15, 0.2) is 5.96 Å². The Kier molecular flexibility index (Phi) is 10.7. The van der Waals surface area contributed by atoms with Crippen LogP contribution in [0, 0.1) is 5.82 Å². The van der Waals surface area contributed by atoms with Crippen molar-refractivity contribution in [3.63, 3.8) is 0 Å². The normalized spacial score (nSPS) is 10.7. The van der Waals surface area contributed by atoms with Gasteiger partial charge in [-0.25, -0.2) is 4.39 Å². The minimum absolute atomic E-state index is 0. The smallest absolute Gasteiger partial charge is 0.252 e. The standard InChI is InChI=1S/C19H22ClFN4O.HI/c1-22-19(24-11-10-14-6-8-15(21)9-7-14)25-13-12-23-18(26)16-4-2-3-5-17(16)20;/h2-9H,10-13H2,1H3,(H,23,26)(H2,22,24,25);1H. The predicted octanol–water partition coefficient (Wildman–Crippen LogP) is 3.23. The third-order valence-corrected chi connectivity index (χ3v) is 3.99. The first-order valence-electron chi connectivity index (χ1n) is 8.32. The van der Waals surface area contributed by atoms with Crippen LogP contribution in [-0.2, 0) is 6.42 Å². The summed E-state index contributed by atoms with van der Waals surface area (Å²) in [6.07, 6.45) is 0.754. The Morgan fingerprint density at radius 1 is 1.00 bits per heavy atom. The summed E-state index contributed by atoms with van der Waals surface area (Å²) in [7, 11) is 1.68. The van der Waals surface area contributed by atoms with Crippen LogP contribution in [0.25, 0.3) is 0 Å². The van der Waals surface area contributed by atoms with Crippen LogP contribution in [0.4, 0.5) is 4.39 Å². The minimum Gasteiger partial charge on any atom is -0.356 e. The van der Waals surface area contributed by atoms with Gasteiger partial charge in [0, 0.05) is 26.7 Å². The van der Waals surface area contributed by atoms with Gasteiger partial charge in [-0.15, -0.1) is 24.0 Å². The Bertz CT molecular complexity index is 756. The maximum absolute atomic E-state index is 12.9. The van der Waals surface area contributed by atoms with Crippen molar-refractivity contribution in [3.8, 4) is 0 Å². The van der Waals surface area contributed by atoms with Crippen LogP contribution in [0.5, 0.6) is 0 Å². The molecule has 0 saturated carbocycles. The molecule has 0 heterocycles. The first-order chi connectivity index (χ1) is 12.6. The fraction of sp³-hybridized carbons (Fsp3) is 0.263. The average molecular weight is 505 g/mol. The molecule has 0 aliphatic rings. The van der Waals surface area contributed by atoms with Crippen LogP contribution in [0.3, 0.4) is 0 Å². The molecule has 27 heavy (non-hydrogen) atoms. The lowest BCUT2D eigenvalue weighted by Crippen LogP contribution is -2.42. The molecule has 146 valence electrons. The molecule has 0 unspecified atom stereocenters. The molecule has 0 aliphatic carbocycles. The first kappa shape index (κ1) is 23.2. The summed E-state index contributed by atoms with van der Waals surface area (Å²) in [5.41, 5.74) is 1.50. The van der Waals surface area contributed by atoms with Crippen molar-refractivity contribution in [1.82, 2.24) is 16.0 Å². The maximum Gasteiger partial charge on any atom is 0.252 e. The van der Waals surface area contributed by atoms with E-state index in [1.165, 1.54) is 12.1 Å². The number of carbonyl (C=O) groups excluding carboxylic acids is 1. The molecule has 8 heteroatoms. The van der Waals surface area contributed by atoms with Crippen LogP contribution in [0.1, 0.15) is 15.9 Å². The van der Waals surface area contributed by atoms with Gasteiger partial charge in [0.1, 0.15) is 5.82 Å². The molecular weight excluding hydrogens is 482 g/mol. The molecule has 2 rings (SSSR count). The summed E-state index contributed by atoms with van der Waals surface area (Å²) < 4.78 is 12.9. The van der Waals surface area contributed by atoms with Gasteiger partial charge in [-0.3, -0.25) is 9.79 Å². The largest absolute Gasteiger partial charge is 0.356 e. The van der Waals surface area contributed by atoms with Crippen molar-refractivity contribution in [2.24, 2.45) is 4.99 Å². The van der Waals surface area contributed by atoms with Gasteiger partial charge in [-0.2, -0.15) is 0 Å². The molecule has 0 aromatic heterocycles. The highest BCUT2D eigenvalue weighted by Crippen LogP contribution is 2.14. The Morgan fingerprint density at radius 2 is 1.63 bits per heavy atom. The molecule has 0 bridgehead atoms. The van der Waals surface area contributed by atoms with Gasteiger partial charge in [0.05, 0.1) is 10.6 Å². The van der Waals surface area contributed by atoms with E-state index in [2.05, 4.69) is 20.9 Å². The Hall–Kier alpha value is -1.87. The molecule has 1 amide bonds. The number of hydrogen-bond acceptors (Lipinski definition) is 2. The molecule has 5 nitrogen and oxygen atoms in total. The Labute approximate surface area is 180 Å². The van der Waals surface area contributed by atoms with E-state index in [9.17, 15) is 9.18 Å². The Balaban J connectivity index is 0.00000364. The molecule has 2 aromatic rings. The second-order valence-electron chi connectivity index (χ2n) is 5.54. The topological polar surface area (TPSA) is 65.5 Å². The lowest BCUT2D eigenvalue weighted by atomic mass is 10.1. The zero-order chi connectivity index (χ0) is 18.8. The summed E-state index contributed by atoms with van der Waals surface area (Å²) in [6, 6.07) is 13.3. The maximum atomic E-state index is 12.9. The average Bonchev–Trinajstić information content (AvgIpc) is 2.65. The predicted molar refractivity (Wildman–Crippen MR) is 119 cm³/mol. The fourth-order valence-corrected chi connectivity index (χ4v) is 2.52. The molecule has 2 aromatic carbocycles. The quantitative estimate of drug-likeness (QED) is 0.235. The van der Waals surface area contributed by atoms with E-state index in [0.29, 0.717) is 36.2 Å². The number of guanidine groups is 1. The molecule has 3 N–H and O–H groups in total. The van der Waals surface area contributed by atoms with Gasteiger partial charge in [-0.1, -0.05) is 35.9 Å². The number of amides is 1. The monoisotopic (exact) mass is 504 g/mol. The van der Waals surface area contributed by atoms with Crippen molar-refractivity contribution >= 4 is 47.4 Å². The number of aliphatic imine (C=N–C) groups is 1. The number of rotatable bonds is 7. The second-order valence-corrected chi connectivity index (χ2v) is 5.95. The highest BCUT2D eigenvalue weighted by Gasteiger charge is 2.08. The fourth-order valence-electron chi connectivity index (χ4n) is 2.29. The Morgan fingerprint density at radius 3 is 2.30 bits per heavy atom. The first-order valence-corrected chi connectivity index (χ1v) is 8.69. The van der Waals surface area contributed by atoms with Crippen molar-refractivity contribution in [3.05, 3.63) is 70.5 Å². The molecular formula is C19H23ClFIN4O. The number of nitrogens with zero attached hydrogens (tertiary/aromatic N) is 1. The molecule has 0 atom stereocenters.